The average Bonchev–Trinajstić information content (AvgIpc) is 2.83. The van der Waals surface area contributed by atoms with Gasteiger partial charge in [-0.3, -0.25) is 0 Å². The van der Waals surface area contributed by atoms with Gasteiger partial charge < -0.3 is 20.8 Å². The Kier molecular flexibility index (Phi) is 6.61. The third-order valence-electron chi connectivity index (χ3n) is 5.87. The lowest BCUT2D eigenvalue weighted by Gasteiger charge is -2.23. The van der Waals surface area contributed by atoms with E-state index in [1.807, 2.05) is 36.4 Å². The van der Waals surface area contributed by atoms with Crippen molar-refractivity contribution in [2.75, 3.05) is 11.6 Å². The van der Waals surface area contributed by atoms with Crippen molar-refractivity contribution in [3.63, 3.8) is 0 Å². The normalized spacial score (nSPS) is 15.6. The molecular formula is C26H26N4O3S. The van der Waals surface area contributed by atoms with Gasteiger partial charge >= 0.3 is 0 Å². The van der Waals surface area contributed by atoms with Crippen LogP contribution < -0.4 is 10.6 Å². The first-order valence-corrected chi connectivity index (χ1v) is 12.8. The van der Waals surface area contributed by atoms with Gasteiger partial charge in [0.2, 0.25) is 0 Å². The lowest BCUT2D eigenvalue weighted by molar-refractivity contribution is -0.109. The van der Waals surface area contributed by atoms with Crippen LogP contribution >= 0.6 is 0 Å². The zero-order valence-electron chi connectivity index (χ0n) is 18.9. The standard InChI is InChI=1S/C26H26N4O3S/c1-17(11-13-27)18-3-7-21(8-4-18)29-26-25-20(12-14-28-24(25)16-31)15-23(30-26)19-5-9-22(10-6-19)34(2,32)33/h3-10,12-17,24,27-28H,11H2,1-2H3,(H,29,30). The highest BCUT2D eigenvalue weighted by atomic mass is 32.2. The summed E-state index contributed by atoms with van der Waals surface area (Å²) in [5.74, 6) is 0.804. The molecule has 2 heterocycles. The zero-order valence-corrected chi connectivity index (χ0v) is 19.8. The van der Waals surface area contributed by atoms with Crippen LogP contribution in [0.4, 0.5) is 11.5 Å². The number of carbonyl (C=O) groups is 1. The monoisotopic (exact) mass is 474 g/mol. The SMILES string of the molecule is CC(CC=N)c1ccc(Nc2nc(-c3ccc(S(C)(=O)=O)cc3)cc3c2C(C=O)NC=C3)cc1. The summed E-state index contributed by atoms with van der Waals surface area (Å²) in [5, 5.41) is 13.7. The van der Waals surface area contributed by atoms with Crippen molar-refractivity contribution >= 4 is 39.9 Å². The van der Waals surface area contributed by atoms with E-state index in [0.29, 0.717) is 17.9 Å². The van der Waals surface area contributed by atoms with Gasteiger partial charge in [-0.05, 0) is 72.3 Å². The summed E-state index contributed by atoms with van der Waals surface area (Å²) in [6.07, 6.45) is 7.75. The number of pyridine rings is 1. The maximum absolute atomic E-state index is 11.8. The van der Waals surface area contributed by atoms with Gasteiger partial charge in [-0.25, -0.2) is 13.4 Å². The minimum Gasteiger partial charge on any atom is -0.378 e. The summed E-state index contributed by atoms with van der Waals surface area (Å²) in [6, 6.07) is 15.9. The highest BCUT2D eigenvalue weighted by molar-refractivity contribution is 7.90. The number of rotatable bonds is 8. The van der Waals surface area contributed by atoms with Crippen LogP contribution in [0.5, 0.6) is 0 Å². The van der Waals surface area contributed by atoms with Crippen molar-refractivity contribution in [2.24, 2.45) is 0 Å². The average molecular weight is 475 g/mol. The molecule has 34 heavy (non-hydrogen) atoms. The molecule has 0 amide bonds. The van der Waals surface area contributed by atoms with Gasteiger partial charge in [-0.1, -0.05) is 31.2 Å². The van der Waals surface area contributed by atoms with E-state index in [2.05, 4.69) is 17.6 Å². The number of anilines is 2. The van der Waals surface area contributed by atoms with Crippen molar-refractivity contribution < 1.29 is 13.2 Å². The molecule has 3 N–H and O–H groups in total. The van der Waals surface area contributed by atoms with Gasteiger partial charge in [0.15, 0.2) is 9.84 Å². The highest BCUT2D eigenvalue weighted by Gasteiger charge is 2.23. The molecule has 0 spiro atoms. The second-order valence-corrected chi connectivity index (χ2v) is 10.4. The van der Waals surface area contributed by atoms with Crippen molar-refractivity contribution in [2.45, 2.75) is 30.2 Å². The van der Waals surface area contributed by atoms with E-state index in [1.165, 1.54) is 12.5 Å². The number of benzene rings is 2. The molecule has 1 aliphatic heterocycles. The van der Waals surface area contributed by atoms with Crippen LogP contribution in [0.3, 0.4) is 0 Å². The fourth-order valence-electron chi connectivity index (χ4n) is 3.93. The zero-order chi connectivity index (χ0) is 24.3. The Balaban J connectivity index is 1.74. The van der Waals surface area contributed by atoms with E-state index in [-0.39, 0.29) is 10.8 Å². The summed E-state index contributed by atoms with van der Waals surface area (Å²) >= 11 is 0. The molecule has 1 aliphatic rings. The quantitative estimate of drug-likeness (QED) is 0.318. The maximum Gasteiger partial charge on any atom is 0.175 e. The second kappa shape index (κ2) is 9.61. The Bertz CT molecular complexity index is 1350. The minimum atomic E-state index is -3.29. The topological polar surface area (TPSA) is 112 Å². The van der Waals surface area contributed by atoms with Gasteiger partial charge in [-0.15, -0.1) is 0 Å². The number of aldehydes is 1. The molecule has 2 aromatic carbocycles. The molecule has 0 saturated heterocycles. The molecule has 7 nitrogen and oxygen atoms in total. The molecular weight excluding hydrogens is 448 g/mol. The lowest BCUT2D eigenvalue weighted by atomic mass is 9.96. The first kappa shape index (κ1) is 23.4. The molecule has 4 rings (SSSR count). The van der Waals surface area contributed by atoms with Crippen LogP contribution in [-0.4, -0.2) is 32.2 Å². The van der Waals surface area contributed by atoms with E-state index in [1.54, 1.807) is 30.5 Å². The molecule has 0 radical (unpaired) electrons. The van der Waals surface area contributed by atoms with Crippen LogP contribution in [0.25, 0.3) is 17.3 Å². The van der Waals surface area contributed by atoms with Crippen LogP contribution in [-0.2, 0) is 14.6 Å². The number of nitrogens with one attached hydrogen (secondary N) is 3. The van der Waals surface area contributed by atoms with E-state index in [9.17, 15) is 13.2 Å². The first-order valence-electron chi connectivity index (χ1n) is 10.9. The fourth-order valence-corrected chi connectivity index (χ4v) is 4.56. The van der Waals surface area contributed by atoms with Crippen LogP contribution in [0.2, 0.25) is 0 Å². The summed E-state index contributed by atoms with van der Waals surface area (Å²) in [4.78, 5) is 16.8. The largest absolute Gasteiger partial charge is 0.378 e. The van der Waals surface area contributed by atoms with Crippen LogP contribution in [0, 0.1) is 5.41 Å². The third kappa shape index (κ3) is 4.92. The summed E-state index contributed by atoms with van der Waals surface area (Å²) < 4.78 is 23.6. The third-order valence-corrected chi connectivity index (χ3v) is 7.00. The van der Waals surface area contributed by atoms with Gasteiger partial charge in [-0.2, -0.15) is 0 Å². The molecule has 0 aliphatic carbocycles. The predicted octanol–water partition coefficient (Wildman–Crippen LogP) is 4.85. The Morgan fingerprint density at radius 2 is 1.85 bits per heavy atom. The Morgan fingerprint density at radius 1 is 1.15 bits per heavy atom. The maximum atomic E-state index is 11.8. The lowest BCUT2D eigenvalue weighted by Crippen LogP contribution is -2.22. The number of nitrogens with zero attached hydrogens (tertiary/aromatic N) is 1. The summed E-state index contributed by atoms with van der Waals surface area (Å²) in [6.45, 7) is 2.08. The van der Waals surface area contributed by atoms with Crippen molar-refractivity contribution in [3.8, 4) is 11.3 Å². The summed E-state index contributed by atoms with van der Waals surface area (Å²) in [7, 11) is -3.29. The van der Waals surface area contributed by atoms with Crippen molar-refractivity contribution in [3.05, 3.63) is 77.5 Å². The van der Waals surface area contributed by atoms with Gasteiger partial charge in [0, 0.05) is 23.1 Å². The van der Waals surface area contributed by atoms with Crippen molar-refractivity contribution in [1.82, 2.24) is 10.3 Å². The fraction of sp³-hybridized carbons (Fsp3) is 0.192. The summed E-state index contributed by atoms with van der Waals surface area (Å²) in [5.41, 5.74) is 4.99. The van der Waals surface area contributed by atoms with E-state index in [0.717, 1.165) is 34.2 Å². The van der Waals surface area contributed by atoms with E-state index >= 15 is 0 Å². The smallest absolute Gasteiger partial charge is 0.175 e. The predicted molar refractivity (Wildman–Crippen MR) is 135 cm³/mol. The molecule has 2 unspecified atom stereocenters. The van der Waals surface area contributed by atoms with Crippen LogP contribution in [0.1, 0.15) is 42.0 Å². The Morgan fingerprint density at radius 3 is 2.47 bits per heavy atom. The van der Waals surface area contributed by atoms with Gasteiger partial charge in [0.05, 0.1) is 10.6 Å². The molecule has 0 bridgehead atoms. The number of hydrogen-bond acceptors (Lipinski definition) is 7. The number of carbonyl (C=O) groups excluding carboxylic acids is 1. The molecule has 174 valence electrons. The van der Waals surface area contributed by atoms with E-state index < -0.39 is 15.9 Å². The first-order chi connectivity index (χ1) is 16.3. The minimum absolute atomic E-state index is 0.245. The van der Waals surface area contributed by atoms with Crippen molar-refractivity contribution in [1.29, 1.82) is 5.41 Å². The molecule has 2 atom stereocenters. The molecule has 3 aromatic rings. The van der Waals surface area contributed by atoms with Gasteiger partial charge in [0.25, 0.3) is 0 Å². The van der Waals surface area contributed by atoms with Gasteiger partial charge in [0.1, 0.15) is 18.1 Å². The highest BCUT2D eigenvalue weighted by Crippen LogP contribution is 2.34. The Hall–Kier alpha value is -3.78. The number of hydrogen-bond donors (Lipinski definition) is 3. The number of sulfone groups is 1. The molecule has 0 fully saturated rings. The molecule has 0 saturated carbocycles. The number of aromatic nitrogens is 1. The number of fused-ring (bicyclic) bond motifs is 1. The molecule has 1 aromatic heterocycles. The molecule has 8 heteroatoms. The van der Waals surface area contributed by atoms with E-state index in [4.69, 9.17) is 10.4 Å². The second-order valence-electron chi connectivity index (χ2n) is 8.36. The Labute approximate surface area is 199 Å². The van der Waals surface area contributed by atoms with Crippen LogP contribution in [0.15, 0.2) is 65.7 Å².